The zero-order chi connectivity index (χ0) is 18.6. The Bertz CT molecular complexity index is 801. The first kappa shape index (κ1) is 18.5. The summed E-state index contributed by atoms with van der Waals surface area (Å²) in [6, 6.07) is 8.43. The molecule has 2 aromatic rings. The fourth-order valence-corrected chi connectivity index (χ4v) is 4.97. The molecular weight excluding hydrogens is 336 g/mol. The molecule has 0 amide bonds. The Kier molecular flexibility index (Phi) is 5.82. The molecular formula is C23H32N2O2. The summed E-state index contributed by atoms with van der Waals surface area (Å²) < 4.78 is 6.25. The molecule has 0 radical (unpaired) electrons. The molecule has 2 aliphatic carbocycles. The summed E-state index contributed by atoms with van der Waals surface area (Å²) in [5, 5.41) is 1.66. The van der Waals surface area contributed by atoms with Crippen LogP contribution in [0.25, 0.3) is 10.8 Å². The van der Waals surface area contributed by atoms with Crippen molar-refractivity contribution in [2.75, 3.05) is 13.6 Å². The van der Waals surface area contributed by atoms with E-state index in [1.165, 1.54) is 51.5 Å². The van der Waals surface area contributed by atoms with Gasteiger partial charge in [-0.05, 0) is 81.1 Å². The number of aromatic amines is 1. The largest absolute Gasteiger partial charge is 0.490 e. The maximum absolute atomic E-state index is 11.8. The molecule has 4 rings (SSSR count). The molecule has 0 unspecified atom stereocenters. The van der Waals surface area contributed by atoms with Gasteiger partial charge in [0.1, 0.15) is 5.75 Å². The van der Waals surface area contributed by atoms with E-state index in [0.29, 0.717) is 12.1 Å². The summed E-state index contributed by atoms with van der Waals surface area (Å²) in [6.45, 7) is 1.27. The van der Waals surface area contributed by atoms with Gasteiger partial charge in [-0.3, -0.25) is 4.79 Å². The zero-order valence-electron chi connectivity index (χ0n) is 16.5. The molecule has 4 nitrogen and oxygen atoms in total. The second-order valence-corrected chi connectivity index (χ2v) is 8.55. The van der Waals surface area contributed by atoms with E-state index in [4.69, 9.17) is 4.74 Å². The lowest BCUT2D eigenvalue weighted by Gasteiger charge is -2.37. The normalized spacial score (nSPS) is 24.4. The van der Waals surface area contributed by atoms with Crippen LogP contribution in [0, 0.1) is 5.92 Å². The highest BCUT2D eigenvalue weighted by Crippen LogP contribution is 2.30. The van der Waals surface area contributed by atoms with E-state index in [1.807, 2.05) is 24.3 Å². The fourth-order valence-electron chi connectivity index (χ4n) is 4.97. The lowest BCUT2D eigenvalue weighted by molar-refractivity contribution is 0.0891. The molecule has 0 atom stereocenters. The van der Waals surface area contributed by atoms with Gasteiger partial charge in [0, 0.05) is 24.2 Å². The Balaban J connectivity index is 1.29. The smallest absolute Gasteiger partial charge is 0.255 e. The predicted octanol–water partition coefficient (Wildman–Crippen LogP) is 4.73. The van der Waals surface area contributed by atoms with Crippen LogP contribution in [0.5, 0.6) is 5.75 Å². The van der Waals surface area contributed by atoms with Crippen LogP contribution in [0.1, 0.15) is 57.8 Å². The predicted molar refractivity (Wildman–Crippen MR) is 110 cm³/mol. The lowest BCUT2D eigenvalue weighted by atomic mass is 9.87. The number of fused-ring (bicyclic) bond motifs is 1. The quantitative estimate of drug-likeness (QED) is 0.830. The van der Waals surface area contributed by atoms with Gasteiger partial charge in [-0.2, -0.15) is 0 Å². The van der Waals surface area contributed by atoms with Crippen LogP contribution in [-0.2, 0) is 0 Å². The molecule has 0 saturated heterocycles. The van der Waals surface area contributed by atoms with E-state index in [1.54, 1.807) is 6.20 Å². The Labute approximate surface area is 161 Å². The summed E-state index contributed by atoms with van der Waals surface area (Å²) in [5.74, 6) is 1.80. The number of benzene rings is 1. The van der Waals surface area contributed by atoms with Crippen LogP contribution < -0.4 is 10.3 Å². The standard InChI is InChI=1S/C23H32N2O2/c1-25(16-17-5-3-2-4-6-17)19-7-9-20(10-8-19)27-21-11-12-22-18(15-21)13-14-24-23(22)26/h11-15,17,19-20H,2-10,16H2,1H3,(H,24,26). The number of aromatic nitrogens is 1. The third-order valence-electron chi connectivity index (χ3n) is 6.59. The molecule has 2 aliphatic rings. The van der Waals surface area contributed by atoms with E-state index in [9.17, 15) is 4.79 Å². The molecule has 1 aromatic heterocycles. The highest BCUT2D eigenvalue weighted by atomic mass is 16.5. The highest BCUT2D eigenvalue weighted by molar-refractivity contribution is 5.82. The Morgan fingerprint density at radius 1 is 1.04 bits per heavy atom. The fraction of sp³-hybridized carbons (Fsp3) is 0.609. The third-order valence-corrected chi connectivity index (χ3v) is 6.59. The molecule has 4 heteroatoms. The molecule has 0 spiro atoms. The second-order valence-electron chi connectivity index (χ2n) is 8.55. The van der Waals surface area contributed by atoms with Gasteiger partial charge >= 0.3 is 0 Å². The first-order chi connectivity index (χ1) is 13.2. The van der Waals surface area contributed by atoms with E-state index in [-0.39, 0.29) is 5.56 Å². The Morgan fingerprint density at radius 2 is 1.81 bits per heavy atom. The number of pyridine rings is 1. The molecule has 27 heavy (non-hydrogen) atoms. The second kappa shape index (κ2) is 8.47. The Morgan fingerprint density at radius 3 is 2.59 bits per heavy atom. The molecule has 1 heterocycles. The van der Waals surface area contributed by atoms with Crippen LogP contribution >= 0.6 is 0 Å². The average Bonchev–Trinajstić information content (AvgIpc) is 2.69. The minimum Gasteiger partial charge on any atom is -0.490 e. The average molecular weight is 369 g/mol. The van der Waals surface area contributed by atoms with Crippen molar-refractivity contribution in [1.29, 1.82) is 0 Å². The summed E-state index contributed by atoms with van der Waals surface area (Å²) in [6.07, 6.45) is 13.8. The van der Waals surface area contributed by atoms with Gasteiger partial charge in [-0.1, -0.05) is 19.3 Å². The molecule has 146 valence electrons. The van der Waals surface area contributed by atoms with Crippen LogP contribution in [0.4, 0.5) is 0 Å². The number of ether oxygens (including phenoxy) is 1. The highest BCUT2D eigenvalue weighted by Gasteiger charge is 2.26. The number of nitrogens with one attached hydrogen (secondary N) is 1. The van der Waals surface area contributed by atoms with Crippen molar-refractivity contribution in [3.63, 3.8) is 0 Å². The van der Waals surface area contributed by atoms with E-state index < -0.39 is 0 Å². The van der Waals surface area contributed by atoms with Crippen LogP contribution in [0.15, 0.2) is 35.3 Å². The number of H-pyrrole nitrogens is 1. The molecule has 0 bridgehead atoms. The van der Waals surface area contributed by atoms with Crippen molar-refractivity contribution in [3.05, 3.63) is 40.8 Å². The van der Waals surface area contributed by atoms with Crippen LogP contribution in [0.3, 0.4) is 0 Å². The number of rotatable bonds is 5. The summed E-state index contributed by atoms with van der Waals surface area (Å²) in [4.78, 5) is 17.2. The van der Waals surface area contributed by atoms with Crippen molar-refractivity contribution in [2.45, 2.75) is 69.9 Å². The van der Waals surface area contributed by atoms with Gasteiger partial charge in [0.15, 0.2) is 0 Å². The van der Waals surface area contributed by atoms with Crippen molar-refractivity contribution >= 4 is 10.8 Å². The lowest BCUT2D eigenvalue weighted by Crippen LogP contribution is -2.40. The number of nitrogens with zero attached hydrogens (tertiary/aromatic N) is 1. The Hall–Kier alpha value is -1.81. The van der Waals surface area contributed by atoms with Crippen molar-refractivity contribution in [1.82, 2.24) is 9.88 Å². The first-order valence-electron chi connectivity index (χ1n) is 10.7. The van der Waals surface area contributed by atoms with Crippen molar-refractivity contribution < 1.29 is 4.74 Å². The monoisotopic (exact) mass is 368 g/mol. The van der Waals surface area contributed by atoms with E-state index in [0.717, 1.165) is 35.3 Å². The van der Waals surface area contributed by atoms with Crippen molar-refractivity contribution in [3.8, 4) is 5.75 Å². The van der Waals surface area contributed by atoms with Gasteiger partial charge in [0.05, 0.1) is 6.10 Å². The van der Waals surface area contributed by atoms with Crippen LogP contribution in [0.2, 0.25) is 0 Å². The number of hydrogen-bond acceptors (Lipinski definition) is 3. The SMILES string of the molecule is CN(CC1CCCCC1)C1CCC(Oc2ccc3c(=O)[nH]ccc3c2)CC1. The molecule has 2 fully saturated rings. The molecule has 1 N–H and O–H groups in total. The number of hydrogen-bond donors (Lipinski definition) is 1. The topological polar surface area (TPSA) is 45.3 Å². The molecule has 0 aliphatic heterocycles. The van der Waals surface area contributed by atoms with Crippen LogP contribution in [-0.4, -0.2) is 35.6 Å². The van der Waals surface area contributed by atoms with Gasteiger partial charge in [0.25, 0.3) is 5.56 Å². The van der Waals surface area contributed by atoms with Gasteiger partial charge in [0.2, 0.25) is 0 Å². The zero-order valence-corrected chi connectivity index (χ0v) is 16.5. The first-order valence-corrected chi connectivity index (χ1v) is 10.7. The minimum absolute atomic E-state index is 0.0411. The third kappa shape index (κ3) is 4.55. The maximum atomic E-state index is 11.8. The minimum atomic E-state index is -0.0411. The summed E-state index contributed by atoms with van der Waals surface area (Å²) in [7, 11) is 2.32. The van der Waals surface area contributed by atoms with Gasteiger partial charge in [-0.15, -0.1) is 0 Å². The van der Waals surface area contributed by atoms with Crippen molar-refractivity contribution in [2.24, 2.45) is 5.92 Å². The summed E-state index contributed by atoms with van der Waals surface area (Å²) in [5.41, 5.74) is -0.0411. The molecule has 2 saturated carbocycles. The molecule has 1 aromatic carbocycles. The van der Waals surface area contributed by atoms with Gasteiger partial charge in [-0.25, -0.2) is 0 Å². The van der Waals surface area contributed by atoms with Gasteiger partial charge < -0.3 is 14.6 Å². The maximum Gasteiger partial charge on any atom is 0.255 e. The van der Waals surface area contributed by atoms with E-state index in [2.05, 4.69) is 16.9 Å². The van der Waals surface area contributed by atoms with E-state index >= 15 is 0 Å². The summed E-state index contributed by atoms with van der Waals surface area (Å²) >= 11 is 0.